The summed E-state index contributed by atoms with van der Waals surface area (Å²) in [6.07, 6.45) is 0.896. The molecule has 0 spiro atoms. The van der Waals surface area contributed by atoms with E-state index in [9.17, 15) is 4.79 Å². The van der Waals surface area contributed by atoms with Gasteiger partial charge in [0.25, 0.3) is 0 Å². The number of aromatic nitrogens is 1. The highest BCUT2D eigenvalue weighted by Crippen LogP contribution is 2.29. The van der Waals surface area contributed by atoms with Crippen LogP contribution in [0.15, 0.2) is 51.7 Å². The van der Waals surface area contributed by atoms with Crippen molar-refractivity contribution in [3.05, 3.63) is 69.7 Å². The fraction of sp³-hybridized carbons (Fsp3) is 0.188. The summed E-state index contributed by atoms with van der Waals surface area (Å²) in [7, 11) is 0. The van der Waals surface area contributed by atoms with E-state index in [2.05, 4.69) is 46.0 Å². The Bertz CT molecular complexity index is 803. The fourth-order valence-corrected chi connectivity index (χ4v) is 2.94. The fourth-order valence-electron chi connectivity index (χ4n) is 2.31. The Morgan fingerprint density at radius 1 is 1.25 bits per heavy atom. The number of hydrogen-bond donors (Lipinski definition) is 1. The molecule has 102 valence electrons. The first-order valence-corrected chi connectivity index (χ1v) is 7.36. The molecule has 20 heavy (non-hydrogen) atoms. The summed E-state index contributed by atoms with van der Waals surface area (Å²) in [5.41, 5.74) is 5.02. The Kier molecular flexibility index (Phi) is 3.49. The highest BCUT2D eigenvalue weighted by molar-refractivity contribution is 9.09. The lowest BCUT2D eigenvalue weighted by atomic mass is 10.0. The normalized spacial score (nSPS) is 12.7. The second-order valence-corrected chi connectivity index (χ2v) is 5.97. The second kappa shape index (κ2) is 5.29. The van der Waals surface area contributed by atoms with Gasteiger partial charge in [-0.15, -0.1) is 0 Å². The number of alkyl halides is 1. The van der Waals surface area contributed by atoms with Gasteiger partial charge in [0.15, 0.2) is 5.58 Å². The van der Waals surface area contributed by atoms with Gasteiger partial charge >= 0.3 is 5.76 Å². The van der Waals surface area contributed by atoms with Gasteiger partial charge < -0.3 is 4.42 Å². The maximum Gasteiger partial charge on any atom is 0.417 e. The number of fused-ring (bicyclic) bond motifs is 1. The zero-order valence-corrected chi connectivity index (χ0v) is 12.6. The number of hydrogen-bond acceptors (Lipinski definition) is 2. The Balaban J connectivity index is 1.90. The van der Waals surface area contributed by atoms with Crippen molar-refractivity contribution in [2.45, 2.75) is 18.2 Å². The monoisotopic (exact) mass is 331 g/mol. The molecule has 0 saturated heterocycles. The van der Waals surface area contributed by atoms with Crippen molar-refractivity contribution in [1.82, 2.24) is 4.98 Å². The van der Waals surface area contributed by atoms with Gasteiger partial charge in [0.05, 0.1) is 5.52 Å². The van der Waals surface area contributed by atoms with Crippen molar-refractivity contribution in [2.24, 2.45) is 0 Å². The van der Waals surface area contributed by atoms with E-state index in [4.69, 9.17) is 4.42 Å². The number of aromatic amines is 1. The Morgan fingerprint density at radius 2 is 2.05 bits per heavy atom. The van der Waals surface area contributed by atoms with Crippen LogP contribution in [0.5, 0.6) is 0 Å². The lowest BCUT2D eigenvalue weighted by Gasteiger charge is -2.12. The first kappa shape index (κ1) is 13.2. The molecule has 3 nitrogen and oxygen atoms in total. The maximum absolute atomic E-state index is 11.2. The molecule has 0 bridgehead atoms. The molecule has 1 atom stereocenters. The molecule has 0 aliphatic carbocycles. The minimum Gasteiger partial charge on any atom is -0.408 e. The van der Waals surface area contributed by atoms with Crippen LogP contribution >= 0.6 is 15.9 Å². The third kappa shape index (κ3) is 2.56. The molecule has 0 saturated carbocycles. The van der Waals surface area contributed by atoms with Crippen LogP contribution in [0, 0.1) is 6.92 Å². The number of benzene rings is 2. The first-order chi connectivity index (χ1) is 9.63. The minimum absolute atomic E-state index is 0.188. The van der Waals surface area contributed by atoms with Crippen LogP contribution in [-0.4, -0.2) is 4.98 Å². The third-order valence-corrected chi connectivity index (χ3v) is 4.32. The van der Waals surface area contributed by atoms with Crippen LogP contribution in [0.2, 0.25) is 0 Å². The molecule has 1 heterocycles. The highest BCUT2D eigenvalue weighted by atomic mass is 79.9. The zero-order chi connectivity index (χ0) is 14.1. The molecule has 4 heteroatoms. The zero-order valence-electron chi connectivity index (χ0n) is 11.0. The van der Waals surface area contributed by atoms with Gasteiger partial charge in [-0.1, -0.05) is 46.3 Å². The van der Waals surface area contributed by atoms with Gasteiger partial charge in [-0.3, -0.25) is 4.98 Å². The second-order valence-electron chi connectivity index (χ2n) is 4.87. The van der Waals surface area contributed by atoms with Crippen molar-refractivity contribution in [3.63, 3.8) is 0 Å². The topological polar surface area (TPSA) is 46.0 Å². The number of rotatable bonds is 3. The minimum atomic E-state index is -0.415. The Labute approximate surface area is 124 Å². The van der Waals surface area contributed by atoms with Crippen LogP contribution in [0.3, 0.4) is 0 Å². The molecular formula is C16H14BrNO2. The summed E-state index contributed by atoms with van der Waals surface area (Å²) in [6.45, 7) is 2.11. The van der Waals surface area contributed by atoms with E-state index >= 15 is 0 Å². The van der Waals surface area contributed by atoms with Crippen LogP contribution in [0.25, 0.3) is 11.1 Å². The van der Waals surface area contributed by atoms with Crippen molar-refractivity contribution in [3.8, 4) is 0 Å². The summed E-state index contributed by atoms with van der Waals surface area (Å²) >= 11 is 3.72. The van der Waals surface area contributed by atoms with E-state index in [1.807, 2.05) is 24.3 Å². The molecule has 0 radical (unpaired) electrons. The number of nitrogens with one attached hydrogen (secondary N) is 1. The largest absolute Gasteiger partial charge is 0.417 e. The van der Waals surface area contributed by atoms with Gasteiger partial charge in [-0.05, 0) is 42.2 Å². The van der Waals surface area contributed by atoms with E-state index in [0.29, 0.717) is 5.58 Å². The lowest BCUT2D eigenvalue weighted by molar-refractivity contribution is 0.555. The smallest absolute Gasteiger partial charge is 0.408 e. The Hall–Kier alpha value is -1.81. The molecule has 1 aromatic heterocycles. The molecule has 2 aromatic carbocycles. The van der Waals surface area contributed by atoms with Gasteiger partial charge in [-0.25, -0.2) is 4.79 Å². The molecule has 3 aromatic rings. The summed E-state index contributed by atoms with van der Waals surface area (Å²) in [5, 5.41) is 0. The van der Waals surface area contributed by atoms with Crippen molar-refractivity contribution in [2.75, 3.05) is 0 Å². The predicted molar refractivity (Wildman–Crippen MR) is 83.4 cm³/mol. The van der Waals surface area contributed by atoms with Gasteiger partial charge in [0.2, 0.25) is 0 Å². The lowest BCUT2D eigenvalue weighted by Crippen LogP contribution is -1.97. The summed E-state index contributed by atoms with van der Waals surface area (Å²) in [5.74, 6) is -0.415. The number of H-pyrrole nitrogens is 1. The molecular weight excluding hydrogens is 318 g/mol. The standard InChI is InChI=1S/C16H14BrNO2/c1-10-4-2-3-5-11(10)8-13(17)12-6-7-14-15(9-12)20-16(19)18-14/h2-7,9,13H,8H2,1H3,(H,18,19). The average Bonchev–Trinajstić information content (AvgIpc) is 2.80. The molecule has 0 aliphatic heterocycles. The molecule has 1 N–H and O–H groups in total. The molecule has 3 rings (SSSR count). The van der Waals surface area contributed by atoms with Crippen molar-refractivity contribution in [1.29, 1.82) is 0 Å². The Morgan fingerprint density at radius 3 is 2.85 bits per heavy atom. The molecule has 0 aliphatic rings. The van der Waals surface area contributed by atoms with Crippen LogP contribution in [0.1, 0.15) is 21.5 Å². The van der Waals surface area contributed by atoms with Gasteiger partial charge in [0.1, 0.15) is 0 Å². The number of halogens is 1. The molecule has 0 amide bonds. The van der Waals surface area contributed by atoms with E-state index in [1.165, 1.54) is 11.1 Å². The highest BCUT2D eigenvalue weighted by Gasteiger charge is 2.12. The molecule has 1 unspecified atom stereocenters. The van der Waals surface area contributed by atoms with Crippen molar-refractivity contribution < 1.29 is 4.42 Å². The maximum atomic E-state index is 11.2. The summed E-state index contributed by atoms with van der Waals surface area (Å²) in [4.78, 5) is 14.0. The van der Waals surface area contributed by atoms with E-state index < -0.39 is 5.76 Å². The predicted octanol–water partition coefficient (Wildman–Crippen LogP) is 4.11. The third-order valence-electron chi connectivity index (χ3n) is 3.47. The van der Waals surface area contributed by atoms with E-state index in [0.717, 1.165) is 17.5 Å². The molecule has 0 fully saturated rings. The SMILES string of the molecule is Cc1ccccc1CC(Br)c1ccc2[nH]c(=O)oc2c1. The van der Waals surface area contributed by atoms with E-state index in [1.54, 1.807) is 0 Å². The van der Waals surface area contributed by atoms with E-state index in [-0.39, 0.29) is 4.83 Å². The summed E-state index contributed by atoms with van der Waals surface area (Å²) in [6, 6.07) is 14.1. The van der Waals surface area contributed by atoms with Crippen LogP contribution in [0.4, 0.5) is 0 Å². The van der Waals surface area contributed by atoms with Gasteiger partial charge in [0, 0.05) is 4.83 Å². The van der Waals surface area contributed by atoms with Gasteiger partial charge in [-0.2, -0.15) is 0 Å². The number of aryl methyl sites for hydroxylation is 1. The number of oxazole rings is 1. The first-order valence-electron chi connectivity index (χ1n) is 6.45. The van der Waals surface area contributed by atoms with Crippen LogP contribution in [-0.2, 0) is 6.42 Å². The van der Waals surface area contributed by atoms with Crippen molar-refractivity contribution >= 4 is 27.0 Å². The summed E-state index contributed by atoms with van der Waals surface area (Å²) < 4.78 is 5.10. The van der Waals surface area contributed by atoms with Crippen LogP contribution < -0.4 is 5.76 Å². The quantitative estimate of drug-likeness (QED) is 0.734. The average molecular weight is 332 g/mol.